The molecule has 0 bridgehead atoms. The van der Waals surface area contributed by atoms with Gasteiger partial charge in [0.1, 0.15) is 23.7 Å². The fourth-order valence-electron chi connectivity index (χ4n) is 3.13. The Balaban J connectivity index is 1.62. The summed E-state index contributed by atoms with van der Waals surface area (Å²) >= 11 is 0. The number of hydrogen-bond donors (Lipinski definition) is 3. The summed E-state index contributed by atoms with van der Waals surface area (Å²) < 4.78 is 0. The molecule has 0 saturated heterocycles. The molecule has 0 fully saturated rings. The molecule has 8 heteroatoms. The highest BCUT2D eigenvalue weighted by atomic mass is 16.3. The average Bonchev–Trinajstić information content (AvgIpc) is 2.65. The smallest absolute Gasteiger partial charge is 0.254 e. The Kier molecular flexibility index (Phi) is 4.10. The molecule has 1 aliphatic rings. The van der Waals surface area contributed by atoms with Crippen molar-refractivity contribution < 1.29 is 10.2 Å². The normalized spacial score (nSPS) is 14.2. The molecule has 3 aromatic rings. The molecule has 0 saturated carbocycles. The lowest BCUT2D eigenvalue weighted by molar-refractivity contribution is 0.237. The summed E-state index contributed by atoms with van der Waals surface area (Å²) in [6, 6.07) is 4.46. The van der Waals surface area contributed by atoms with Gasteiger partial charge in [0, 0.05) is 43.2 Å². The number of H-pyrrole nitrogens is 1. The lowest BCUT2D eigenvalue weighted by Crippen LogP contribution is -2.35. The van der Waals surface area contributed by atoms with Gasteiger partial charge in [-0.25, -0.2) is 15.0 Å². The molecule has 0 amide bonds. The van der Waals surface area contributed by atoms with Crippen molar-refractivity contribution in [3.63, 3.8) is 0 Å². The van der Waals surface area contributed by atoms with E-state index >= 15 is 0 Å². The topological polar surface area (TPSA) is 115 Å². The Bertz CT molecular complexity index is 1000. The number of fused-ring (bicyclic) bond motifs is 1. The molecule has 8 nitrogen and oxygen atoms in total. The van der Waals surface area contributed by atoms with Crippen LogP contribution >= 0.6 is 0 Å². The summed E-state index contributed by atoms with van der Waals surface area (Å²) in [5, 5.41) is 19.6. The predicted molar refractivity (Wildman–Crippen MR) is 93.5 cm³/mol. The second kappa shape index (κ2) is 6.57. The molecule has 132 valence electrons. The van der Waals surface area contributed by atoms with Gasteiger partial charge in [-0.2, -0.15) is 0 Å². The first-order valence-corrected chi connectivity index (χ1v) is 8.21. The van der Waals surface area contributed by atoms with Crippen LogP contribution < -0.4 is 5.56 Å². The van der Waals surface area contributed by atoms with Crippen LogP contribution in [-0.2, 0) is 19.5 Å². The number of phenolic OH excluding ortho intramolecular Hbond substituents is 2. The lowest BCUT2D eigenvalue weighted by atomic mass is 10.0. The van der Waals surface area contributed by atoms with Crippen molar-refractivity contribution in [3.05, 3.63) is 64.1 Å². The SMILES string of the molecule is O=c1[nH]c(-c2cncnc2)nc2c1CCN(Cc1cc(O)ccc1O)C2. The maximum Gasteiger partial charge on any atom is 0.254 e. The minimum atomic E-state index is -0.145. The third kappa shape index (κ3) is 3.14. The number of phenols is 2. The Morgan fingerprint density at radius 1 is 1.19 bits per heavy atom. The molecule has 0 spiro atoms. The highest BCUT2D eigenvalue weighted by Crippen LogP contribution is 2.25. The Labute approximate surface area is 148 Å². The first-order valence-electron chi connectivity index (χ1n) is 8.21. The van der Waals surface area contributed by atoms with Crippen molar-refractivity contribution in [2.45, 2.75) is 19.5 Å². The van der Waals surface area contributed by atoms with Crippen LogP contribution in [0.1, 0.15) is 16.8 Å². The third-order valence-electron chi connectivity index (χ3n) is 4.44. The highest BCUT2D eigenvalue weighted by molar-refractivity contribution is 5.52. The standard InChI is InChI=1S/C18H17N5O3/c24-13-1-2-16(25)11(5-13)8-23-4-3-14-15(9-23)21-17(22-18(14)26)12-6-19-10-20-7-12/h1-2,5-7,10,24-25H,3-4,8-9H2,(H,21,22,26). The summed E-state index contributed by atoms with van der Waals surface area (Å²) in [6.45, 7) is 1.60. The first-order chi connectivity index (χ1) is 12.6. The van der Waals surface area contributed by atoms with Crippen LogP contribution in [0.3, 0.4) is 0 Å². The molecule has 0 aliphatic carbocycles. The summed E-state index contributed by atoms with van der Waals surface area (Å²) in [5.41, 5.74) is 2.53. The second-order valence-electron chi connectivity index (χ2n) is 6.24. The van der Waals surface area contributed by atoms with Gasteiger partial charge in [-0.3, -0.25) is 9.69 Å². The van der Waals surface area contributed by atoms with Gasteiger partial charge in [0.2, 0.25) is 0 Å². The average molecular weight is 351 g/mol. The highest BCUT2D eigenvalue weighted by Gasteiger charge is 2.22. The minimum Gasteiger partial charge on any atom is -0.508 e. The Hall–Kier alpha value is -3.26. The van der Waals surface area contributed by atoms with Crippen LogP contribution in [0.2, 0.25) is 0 Å². The van der Waals surface area contributed by atoms with Crippen LogP contribution in [0.25, 0.3) is 11.4 Å². The van der Waals surface area contributed by atoms with Crippen LogP contribution in [0, 0.1) is 0 Å². The second-order valence-corrected chi connectivity index (χ2v) is 6.24. The molecule has 1 aromatic carbocycles. The number of rotatable bonds is 3. The van der Waals surface area contributed by atoms with E-state index in [2.05, 4.69) is 24.8 Å². The molecule has 2 aromatic heterocycles. The largest absolute Gasteiger partial charge is 0.508 e. The van der Waals surface area contributed by atoms with E-state index in [9.17, 15) is 15.0 Å². The zero-order valence-electron chi connectivity index (χ0n) is 13.9. The maximum absolute atomic E-state index is 12.4. The van der Waals surface area contributed by atoms with Crippen LogP contribution in [0.5, 0.6) is 11.5 Å². The lowest BCUT2D eigenvalue weighted by Gasteiger charge is -2.28. The van der Waals surface area contributed by atoms with E-state index in [4.69, 9.17) is 0 Å². The number of hydrogen-bond acceptors (Lipinski definition) is 7. The molecule has 0 atom stereocenters. The molecular weight excluding hydrogens is 334 g/mol. The van der Waals surface area contributed by atoms with E-state index in [0.29, 0.717) is 54.3 Å². The summed E-state index contributed by atoms with van der Waals surface area (Å²) in [7, 11) is 0. The van der Waals surface area contributed by atoms with Crippen LogP contribution in [-0.4, -0.2) is 41.6 Å². The molecule has 0 unspecified atom stereocenters. The molecule has 4 rings (SSSR count). The van der Waals surface area contributed by atoms with Gasteiger partial charge in [0.25, 0.3) is 5.56 Å². The number of nitrogens with one attached hydrogen (secondary N) is 1. The fourth-order valence-corrected chi connectivity index (χ4v) is 3.13. The van der Waals surface area contributed by atoms with Gasteiger partial charge < -0.3 is 15.2 Å². The van der Waals surface area contributed by atoms with Gasteiger partial charge in [0.15, 0.2) is 0 Å². The van der Waals surface area contributed by atoms with E-state index in [-0.39, 0.29) is 17.1 Å². The van der Waals surface area contributed by atoms with Crippen LogP contribution in [0.15, 0.2) is 41.7 Å². The van der Waals surface area contributed by atoms with Gasteiger partial charge in [0.05, 0.1) is 11.3 Å². The molecule has 0 radical (unpaired) electrons. The van der Waals surface area contributed by atoms with E-state index in [1.165, 1.54) is 18.5 Å². The minimum absolute atomic E-state index is 0.108. The molecule has 3 heterocycles. The summed E-state index contributed by atoms with van der Waals surface area (Å²) in [5.74, 6) is 0.683. The third-order valence-corrected chi connectivity index (χ3v) is 4.44. The number of aromatic amines is 1. The van der Waals surface area contributed by atoms with Crippen molar-refractivity contribution in [2.24, 2.45) is 0 Å². The molecular formula is C18H17N5O3. The summed E-state index contributed by atoms with van der Waals surface area (Å²) in [6.07, 6.45) is 5.19. The van der Waals surface area contributed by atoms with Crippen molar-refractivity contribution in [1.29, 1.82) is 0 Å². The van der Waals surface area contributed by atoms with Crippen molar-refractivity contribution >= 4 is 0 Å². The van der Waals surface area contributed by atoms with Crippen LogP contribution in [0.4, 0.5) is 0 Å². The maximum atomic E-state index is 12.4. The van der Waals surface area contributed by atoms with Gasteiger partial charge in [-0.05, 0) is 24.6 Å². The molecule has 3 N–H and O–H groups in total. The fraction of sp³-hybridized carbons (Fsp3) is 0.222. The van der Waals surface area contributed by atoms with E-state index < -0.39 is 0 Å². The summed E-state index contributed by atoms with van der Waals surface area (Å²) in [4.78, 5) is 29.8. The zero-order chi connectivity index (χ0) is 18.1. The quantitative estimate of drug-likeness (QED) is 0.607. The Morgan fingerprint density at radius 3 is 2.81 bits per heavy atom. The van der Waals surface area contributed by atoms with Gasteiger partial charge in [-0.1, -0.05) is 0 Å². The Morgan fingerprint density at radius 2 is 2.00 bits per heavy atom. The molecule has 1 aliphatic heterocycles. The number of aromatic hydroxyl groups is 2. The van der Waals surface area contributed by atoms with Crippen molar-refractivity contribution in [3.8, 4) is 22.9 Å². The van der Waals surface area contributed by atoms with Crippen molar-refractivity contribution in [2.75, 3.05) is 6.54 Å². The van der Waals surface area contributed by atoms with Crippen molar-refractivity contribution in [1.82, 2.24) is 24.8 Å². The monoisotopic (exact) mass is 351 g/mol. The number of aromatic nitrogens is 4. The van der Waals surface area contributed by atoms with E-state index in [1.54, 1.807) is 18.5 Å². The number of benzene rings is 1. The molecule has 26 heavy (non-hydrogen) atoms. The van der Waals surface area contributed by atoms with Gasteiger partial charge in [-0.15, -0.1) is 0 Å². The number of nitrogens with zero attached hydrogens (tertiary/aromatic N) is 4. The van der Waals surface area contributed by atoms with E-state index in [0.717, 1.165) is 0 Å². The van der Waals surface area contributed by atoms with E-state index in [1.807, 2.05) is 0 Å². The predicted octanol–water partition coefficient (Wildman–Crippen LogP) is 1.20. The first kappa shape index (κ1) is 16.2. The van der Waals surface area contributed by atoms with Gasteiger partial charge >= 0.3 is 0 Å². The zero-order valence-corrected chi connectivity index (χ0v) is 13.9.